The highest BCUT2D eigenvalue weighted by Gasteiger charge is 2.12. The maximum Gasteiger partial charge on any atom is 0.255 e. The Morgan fingerprint density at radius 2 is 2.00 bits per heavy atom. The molecule has 0 saturated carbocycles. The lowest BCUT2D eigenvalue weighted by Gasteiger charge is -2.12. The van der Waals surface area contributed by atoms with Crippen molar-refractivity contribution in [3.8, 4) is 11.5 Å². The van der Waals surface area contributed by atoms with E-state index in [2.05, 4.69) is 5.32 Å². The quantitative estimate of drug-likeness (QED) is 0.801. The lowest BCUT2D eigenvalue weighted by Crippen LogP contribution is -2.13. The number of nitrogens with one attached hydrogen (secondary N) is 1. The SMILES string of the molecule is CCOCc1cc(C(=O)Nc2ccc(C)cc2O)ccc1OC. The first-order valence-corrected chi connectivity index (χ1v) is 7.40. The van der Waals surface area contributed by atoms with Crippen LogP contribution in [-0.4, -0.2) is 24.7 Å². The van der Waals surface area contributed by atoms with Crippen LogP contribution in [0.3, 0.4) is 0 Å². The van der Waals surface area contributed by atoms with Crippen molar-refractivity contribution in [3.05, 3.63) is 53.1 Å². The first kappa shape index (κ1) is 16.8. The van der Waals surface area contributed by atoms with E-state index >= 15 is 0 Å². The van der Waals surface area contributed by atoms with Gasteiger partial charge in [0, 0.05) is 17.7 Å². The maximum atomic E-state index is 12.4. The Labute approximate surface area is 135 Å². The smallest absolute Gasteiger partial charge is 0.255 e. The summed E-state index contributed by atoms with van der Waals surface area (Å²) in [5.41, 5.74) is 2.57. The number of aromatic hydroxyl groups is 1. The van der Waals surface area contributed by atoms with E-state index in [0.717, 1.165) is 11.1 Å². The van der Waals surface area contributed by atoms with Crippen LogP contribution in [0.1, 0.15) is 28.4 Å². The van der Waals surface area contributed by atoms with Gasteiger partial charge in [0.2, 0.25) is 0 Å². The molecule has 0 spiro atoms. The molecule has 0 aliphatic carbocycles. The van der Waals surface area contributed by atoms with Gasteiger partial charge >= 0.3 is 0 Å². The van der Waals surface area contributed by atoms with Crippen molar-refractivity contribution in [2.45, 2.75) is 20.5 Å². The molecule has 122 valence electrons. The molecule has 0 bridgehead atoms. The van der Waals surface area contributed by atoms with Gasteiger partial charge in [0.05, 0.1) is 19.4 Å². The summed E-state index contributed by atoms with van der Waals surface area (Å²) >= 11 is 0. The van der Waals surface area contributed by atoms with Gasteiger partial charge in [-0.15, -0.1) is 0 Å². The summed E-state index contributed by atoms with van der Waals surface area (Å²) in [6.07, 6.45) is 0. The van der Waals surface area contributed by atoms with Gasteiger partial charge in [0.1, 0.15) is 11.5 Å². The van der Waals surface area contributed by atoms with Gasteiger partial charge in [-0.05, 0) is 49.7 Å². The van der Waals surface area contributed by atoms with E-state index in [4.69, 9.17) is 9.47 Å². The summed E-state index contributed by atoms with van der Waals surface area (Å²) in [7, 11) is 1.58. The Hall–Kier alpha value is -2.53. The molecule has 2 N–H and O–H groups in total. The summed E-state index contributed by atoms with van der Waals surface area (Å²) in [6, 6.07) is 10.2. The van der Waals surface area contributed by atoms with Crippen LogP contribution in [0.15, 0.2) is 36.4 Å². The molecule has 2 aromatic carbocycles. The second-order valence-corrected chi connectivity index (χ2v) is 5.14. The third-order valence-electron chi connectivity index (χ3n) is 3.41. The Morgan fingerprint density at radius 3 is 2.65 bits per heavy atom. The lowest BCUT2D eigenvalue weighted by atomic mass is 10.1. The van der Waals surface area contributed by atoms with Crippen LogP contribution in [0.25, 0.3) is 0 Å². The third kappa shape index (κ3) is 4.23. The fourth-order valence-corrected chi connectivity index (χ4v) is 2.19. The standard InChI is InChI=1S/C18H21NO4/c1-4-23-11-14-10-13(6-8-17(14)22-3)18(21)19-15-7-5-12(2)9-16(15)20/h5-10,20H,4,11H2,1-3H3,(H,19,21). The second-order valence-electron chi connectivity index (χ2n) is 5.14. The molecule has 2 aromatic rings. The first-order chi connectivity index (χ1) is 11.0. The zero-order valence-electron chi connectivity index (χ0n) is 13.6. The largest absolute Gasteiger partial charge is 0.506 e. The molecule has 0 fully saturated rings. The number of carbonyl (C=O) groups is 1. The number of methoxy groups -OCH3 is 1. The fourth-order valence-electron chi connectivity index (χ4n) is 2.19. The van der Waals surface area contributed by atoms with Gasteiger partial charge in [-0.2, -0.15) is 0 Å². The van der Waals surface area contributed by atoms with Gasteiger partial charge < -0.3 is 19.9 Å². The summed E-state index contributed by atoms with van der Waals surface area (Å²) in [5.74, 6) is 0.416. The van der Waals surface area contributed by atoms with E-state index in [-0.39, 0.29) is 11.7 Å². The second kappa shape index (κ2) is 7.65. The first-order valence-electron chi connectivity index (χ1n) is 7.40. The number of carbonyl (C=O) groups excluding carboxylic acids is 1. The minimum absolute atomic E-state index is 0.0430. The number of aryl methyl sites for hydroxylation is 1. The average Bonchev–Trinajstić information content (AvgIpc) is 2.55. The highest BCUT2D eigenvalue weighted by Crippen LogP contribution is 2.26. The zero-order valence-corrected chi connectivity index (χ0v) is 13.6. The maximum absolute atomic E-state index is 12.4. The molecule has 0 aliphatic rings. The van der Waals surface area contributed by atoms with Gasteiger partial charge in [0.15, 0.2) is 0 Å². The molecule has 0 aliphatic heterocycles. The molecular formula is C18H21NO4. The van der Waals surface area contributed by atoms with Gasteiger partial charge in [-0.25, -0.2) is 0 Å². The van der Waals surface area contributed by atoms with Crippen LogP contribution in [0.2, 0.25) is 0 Å². The summed E-state index contributed by atoms with van der Waals surface area (Å²) in [6.45, 7) is 4.73. The minimum Gasteiger partial charge on any atom is -0.506 e. The minimum atomic E-state index is -0.301. The molecule has 5 heteroatoms. The predicted octanol–water partition coefficient (Wildman–Crippen LogP) is 3.50. The number of amides is 1. The molecule has 5 nitrogen and oxygen atoms in total. The van der Waals surface area contributed by atoms with Crippen molar-refractivity contribution >= 4 is 11.6 Å². The molecule has 1 amide bonds. The van der Waals surface area contributed by atoms with Crippen LogP contribution in [-0.2, 0) is 11.3 Å². The number of rotatable bonds is 6. The van der Waals surface area contributed by atoms with Gasteiger partial charge in [0.25, 0.3) is 5.91 Å². The Balaban J connectivity index is 2.21. The van der Waals surface area contributed by atoms with Crippen molar-refractivity contribution in [2.75, 3.05) is 19.0 Å². The zero-order chi connectivity index (χ0) is 16.8. The summed E-state index contributed by atoms with van der Waals surface area (Å²) < 4.78 is 10.7. The van der Waals surface area contributed by atoms with Crippen LogP contribution in [0.4, 0.5) is 5.69 Å². The highest BCUT2D eigenvalue weighted by atomic mass is 16.5. The molecule has 0 unspecified atom stereocenters. The highest BCUT2D eigenvalue weighted by molar-refractivity contribution is 6.05. The van der Waals surface area contributed by atoms with Crippen molar-refractivity contribution in [1.82, 2.24) is 0 Å². The van der Waals surface area contributed by atoms with E-state index in [1.54, 1.807) is 37.4 Å². The lowest BCUT2D eigenvalue weighted by molar-refractivity contribution is 0.102. The average molecular weight is 315 g/mol. The number of benzene rings is 2. The Bertz CT molecular complexity index is 697. The van der Waals surface area contributed by atoms with Gasteiger partial charge in [-0.3, -0.25) is 4.79 Å². The normalized spacial score (nSPS) is 10.4. The van der Waals surface area contributed by atoms with Crippen molar-refractivity contribution < 1.29 is 19.4 Å². The Kier molecular flexibility index (Phi) is 5.60. The fraction of sp³-hybridized carbons (Fsp3) is 0.278. The van der Waals surface area contributed by atoms with E-state index in [1.165, 1.54) is 0 Å². The third-order valence-corrected chi connectivity index (χ3v) is 3.41. The van der Waals surface area contributed by atoms with Gasteiger partial charge in [-0.1, -0.05) is 6.07 Å². The van der Waals surface area contributed by atoms with E-state index in [1.807, 2.05) is 19.9 Å². The monoisotopic (exact) mass is 315 g/mol. The molecular weight excluding hydrogens is 294 g/mol. The molecule has 0 heterocycles. The van der Waals surface area contributed by atoms with Crippen LogP contribution < -0.4 is 10.1 Å². The van der Waals surface area contributed by atoms with E-state index < -0.39 is 0 Å². The van der Waals surface area contributed by atoms with E-state index in [0.29, 0.717) is 30.2 Å². The van der Waals surface area contributed by atoms with Crippen LogP contribution in [0, 0.1) is 6.92 Å². The molecule has 2 rings (SSSR count). The topological polar surface area (TPSA) is 67.8 Å². The number of ether oxygens (including phenoxy) is 2. The summed E-state index contributed by atoms with van der Waals surface area (Å²) in [4.78, 5) is 12.4. The number of phenolic OH excluding ortho intramolecular Hbond substituents is 1. The summed E-state index contributed by atoms with van der Waals surface area (Å²) in [5, 5.41) is 12.6. The number of anilines is 1. The van der Waals surface area contributed by atoms with Crippen LogP contribution >= 0.6 is 0 Å². The van der Waals surface area contributed by atoms with E-state index in [9.17, 15) is 9.90 Å². The van der Waals surface area contributed by atoms with Crippen LogP contribution in [0.5, 0.6) is 11.5 Å². The van der Waals surface area contributed by atoms with Crippen molar-refractivity contribution in [3.63, 3.8) is 0 Å². The number of hydrogen-bond donors (Lipinski definition) is 2. The molecule has 0 saturated heterocycles. The van der Waals surface area contributed by atoms with Crippen molar-refractivity contribution in [1.29, 1.82) is 0 Å². The number of hydrogen-bond acceptors (Lipinski definition) is 4. The molecule has 0 radical (unpaired) electrons. The molecule has 0 atom stereocenters. The molecule has 0 aromatic heterocycles. The Morgan fingerprint density at radius 1 is 1.22 bits per heavy atom. The predicted molar refractivity (Wildman–Crippen MR) is 89.1 cm³/mol. The van der Waals surface area contributed by atoms with Crippen molar-refractivity contribution in [2.24, 2.45) is 0 Å². The molecule has 23 heavy (non-hydrogen) atoms. The number of phenols is 1.